The number of carbonyl (C=O) groups excluding carboxylic acids is 1. The first-order valence-corrected chi connectivity index (χ1v) is 7.38. The van der Waals surface area contributed by atoms with Crippen molar-refractivity contribution in [2.45, 2.75) is 57.8 Å². The highest BCUT2D eigenvalue weighted by Gasteiger charge is 2.48. The van der Waals surface area contributed by atoms with E-state index in [2.05, 4.69) is 5.32 Å². The molecule has 128 valence electrons. The maximum Gasteiger partial charge on any atom is 0.410 e. The molecule has 1 aliphatic rings. The number of likely N-dealkylation sites (tertiary alicyclic amines) is 1. The van der Waals surface area contributed by atoms with Crippen molar-refractivity contribution in [3.63, 3.8) is 0 Å². The van der Waals surface area contributed by atoms with E-state index in [1.807, 2.05) is 13.8 Å². The molecule has 0 aliphatic carbocycles. The average Bonchev–Trinajstić information content (AvgIpc) is 2.29. The van der Waals surface area contributed by atoms with Crippen molar-refractivity contribution in [3.05, 3.63) is 0 Å². The molecule has 22 heavy (non-hydrogen) atoms. The van der Waals surface area contributed by atoms with Gasteiger partial charge in [0.15, 0.2) is 0 Å². The van der Waals surface area contributed by atoms with E-state index in [1.165, 1.54) is 4.90 Å². The normalized spacial score (nSPS) is 17.8. The molecule has 1 rings (SSSR count). The van der Waals surface area contributed by atoms with Crippen molar-refractivity contribution in [2.24, 2.45) is 0 Å². The number of nitrogens with zero attached hydrogens (tertiary/aromatic N) is 1. The molecule has 0 aromatic rings. The van der Waals surface area contributed by atoms with E-state index in [-0.39, 0.29) is 6.42 Å². The summed E-state index contributed by atoms with van der Waals surface area (Å²) in [4.78, 5) is 24.6. The zero-order valence-electron chi connectivity index (χ0n) is 14.4. The molecule has 1 aliphatic heterocycles. The third-order valence-corrected chi connectivity index (χ3v) is 3.57. The predicted molar refractivity (Wildman–Crippen MR) is 81.9 cm³/mol. The fraction of sp³-hybridized carbons (Fsp3) is 0.867. The number of rotatable bonds is 6. The molecule has 0 aromatic heterocycles. The molecule has 1 fully saturated rings. The van der Waals surface area contributed by atoms with Gasteiger partial charge in [-0.3, -0.25) is 4.79 Å². The SMILES string of the molecule is COC(C)(C)CNC1(CC(=O)O)CN(C(=O)OC(C)(C)C)C1. The van der Waals surface area contributed by atoms with Crippen LogP contribution < -0.4 is 5.32 Å². The van der Waals surface area contributed by atoms with Crippen molar-refractivity contribution < 1.29 is 24.2 Å². The lowest BCUT2D eigenvalue weighted by Gasteiger charge is -2.50. The van der Waals surface area contributed by atoms with Crippen LogP contribution in [0.5, 0.6) is 0 Å². The molecule has 0 aromatic carbocycles. The first-order chi connectivity index (χ1) is 9.88. The molecule has 1 amide bonds. The standard InChI is InChI=1S/C15H28N2O5/c1-13(2,3)22-12(20)17-9-15(10-17,7-11(18)19)16-8-14(4,5)21-6/h16H,7-10H2,1-6H3,(H,18,19). The lowest BCUT2D eigenvalue weighted by Crippen LogP contribution is -2.72. The van der Waals surface area contributed by atoms with Crippen LogP contribution in [0.25, 0.3) is 0 Å². The van der Waals surface area contributed by atoms with E-state index < -0.39 is 28.8 Å². The number of nitrogens with one attached hydrogen (secondary N) is 1. The van der Waals surface area contributed by atoms with Crippen LogP contribution in [-0.2, 0) is 14.3 Å². The zero-order chi connectivity index (χ0) is 17.2. The van der Waals surface area contributed by atoms with Crippen LogP contribution in [0, 0.1) is 0 Å². The largest absolute Gasteiger partial charge is 0.481 e. The van der Waals surface area contributed by atoms with E-state index >= 15 is 0 Å². The van der Waals surface area contributed by atoms with Crippen LogP contribution in [0.4, 0.5) is 4.79 Å². The lowest BCUT2D eigenvalue weighted by atomic mass is 9.85. The Morgan fingerprint density at radius 1 is 1.23 bits per heavy atom. The number of hydrogen-bond acceptors (Lipinski definition) is 5. The van der Waals surface area contributed by atoms with Gasteiger partial charge in [0.25, 0.3) is 0 Å². The number of aliphatic carboxylic acids is 1. The van der Waals surface area contributed by atoms with Crippen LogP contribution in [0.3, 0.4) is 0 Å². The van der Waals surface area contributed by atoms with Crippen LogP contribution in [0.15, 0.2) is 0 Å². The molecule has 0 saturated carbocycles. The summed E-state index contributed by atoms with van der Waals surface area (Å²) in [6.07, 6.45) is -0.465. The molecule has 1 heterocycles. The van der Waals surface area contributed by atoms with Crippen molar-refractivity contribution in [1.29, 1.82) is 0 Å². The molecule has 7 nitrogen and oxygen atoms in total. The highest BCUT2D eigenvalue weighted by Crippen LogP contribution is 2.27. The van der Waals surface area contributed by atoms with Gasteiger partial charge in [0.1, 0.15) is 5.60 Å². The van der Waals surface area contributed by atoms with Crippen molar-refractivity contribution in [1.82, 2.24) is 10.2 Å². The van der Waals surface area contributed by atoms with Gasteiger partial charge < -0.3 is 24.8 Å². The summed E-state index contributed by atoms with van der Waals surface area (Å²) in [5, 5.41) is 12.4. The summed E-state index contributed by atoms with van der Waals surface area (Å²) >= 11 is 0. The van der Waals surface area contributed by atoms with Gasteiger partial charge in [0.2, 0.25) is 0 Å². The Hall–Kier alpha value is -1.34. The topological polar surface area (TPSA) is 88.1 Å². The van der Waals surface area contributed by atoms with E-state index in [0.29, 0.717) is 19.6 Å². The maximum atomic E-state index is 12.0. The molecule has 2 N–H and O–H groups in total. The summed E-state index contributed by atoms with van der Waals surface area (Å²) in [5.74, 6) is -0.897. The number of carboxylic acid groups (broad SMARTS) is 1. The van der Waals surface area contributed by atoms with Gasteiger partial charge in [-0.05, 0) is 34.6 Å². The predicted octanol–water partition coefficient (Wildman–Crippen LogP) is 1.47. The monoisotopic (exact) mass is 316 g/mol. The van der Waals surface area contributed by atoms with Crippen molar-refractivity contribution in [3.8, 4) is 0 Å². The molecule has 0 unspecified atom stereocenters. The van der Waals surface area contributed by atoms with Gasteiger partial charge in [-0.15, -0.1) is 0 Å². The molecule has 0 bridgehead atoms. The van der Waals surface area contributed by atoms with Crippen LogP contribution >= 0.6 is 0 Å². The molecular weight excluding hydrogens is 288 g/mol. The third-order valence-electron chi connectivity index (χ3n) is 3.57. The van der Waals surface area contributed by atoms with Crippen LogP contribution in [-0.4, -0.2) is 65.6 Å². The Morgan fingerprint density at radius 2 is 1.77 bits per heavy atom. The highest BCUT2D eigenvalue weighted by molar-refractivity contribution is 5.73. The zero-order valence-corrected chi connectivity index (χ0v) is 14.4. The second-order valence-electron chi connectivity index (χ2n) is 7.50. The van der Waals surface area contributed by atoms with Gasteiger partial charge in [-0.25, -0.2) is 4.79 Å². The molecular formula is C15H28N2O5. The summed E-state index contributed by atoms with van der Waals surface area (Å²) in [5.41, 5.74) is -1.59. The first-order valence-electron chi connectivity index (χ1n) is 7.38. The van der Waals surface area contributed by atoms with E-state index in [9.17, 15) is 9.59 Å². The number of carboxylic acids is 1. The summed E-state index contributed by atoms with van der Waals surface area (Å²) in [6, 6.07) is 0. The maximum absolute atomic E-state index is 12.0. The first kappa shape index (κ1) is 18.7. The van der Waals surface area contributed by atoms with E-state index in [4.69, 9.17) is 14.6 Å². The number of methoxy groups -OCH3 is 1. The fourth-order valence-electron chi connectivity index (χ4n) is 2.19. The van der Waals surface area contributed by atoms with Crippen LogP contribution in [0.2, 0.25) is 0 Å². The number of ether oxygens (including phenoxy) is 2. The Kier molecular flexibility index (Phi) is 5.46. The minimum absolute atomic E-state index is 0.0495. The number of carbonyl (C=O) groups is 2. The Morgan fingerprint density at radius 3 is 2.18 bits per heavy atom. The fourth-order valence-corrected chi connectivity index (χ4v) is 2.19. The summed E-state index contributed by atoms with van der Waals surface area (Å²) < 4.78 is 10.6. The molecule has 0 atom stereocenters. The second kappa shape index (κ2) is 6.42. The van der Waals surface area contributed by atoms with Gasteiger partial charge in [0.05, 0.1) is 17.6 Å². The Balaban J connectivity index is 2.63. The lowest BCUT2D eigenvalue weighted by molar-refractivity contribution is -0.141. The third kappa shape index (κ3) is 5.46. The number of hydrogen-bond donors (Lipinski definition) is 2. The molecule has 1 saturated heterocycles. The van der Waals surface area contributed by atoms with Gasteiger partial charge >= 0.3 is 12.1 Å². The van der Waals surface area contributed by atoms with Crippen molar-refractivity contribution in [2.75, 3.05) is 26.7 Å². The molecule has 0 spiro atoms. The second-order valence-corrected chi connectivity index (χ2v) is 7.50. The quantitative estimate of drug-likeness (QED) is 0.771. The van der Waals surface area contributed by atoms with Crippen LogP contribution in [0.1, 0.15) is 41.0 Å². The van der Waals surface area contributed by atoms with E-state index in [0.717, 1.165) is 0 Å². The smallest absolute Gasteiger partial charge is 0.410 e. The minimum atomic E-state index is -0.897. The minimum Gasteiger partial charge on any atom is -0.481 e. The van der Waals surface area contributed by atoms with E-state index in [1.54, 1.807) is 27.9 Å². The Bertz CT molecular complexity index is 422. The highest BCUT2D eigenvalue weighted by atomic mass is 16.6. The van der Waals surface area contributed by atoms with Gasteiger partial charge in [-0.1, -0.05) is 0 Å². The number of amides is 1. The van der Waals surface area contributed by atoms with Gasteiger partial charge in [-0.2, -0.15) is 0 Å². The molecule has 0 radical (unpaired) electrons. The molecule has 7 heteroatoms. The Labute approximate surface area is 131 Å². The summed E-state index contributed by atoms with van der Waals surface area (Å²) in [6.45, 7) is 10.4. The average molecular weight is 316 g/mol. The van der Waals surface area contributed by atoms with Gasteiger partial charge in [0, 0.05) is 26.7 Å². The summed E-state index contributed by atoms with van der Waals surface area (Å²) in [7, 11) is 1.61. The van der Waals surface area contributed by atoms with Crippen molar-refractivity contribution >= 4 is 12.1 Å².